The number of nitrogens with zero attached hydrogens (tertiary/aromatic N) is 1. The van der Waals surface area contributed by atoms with Crippen LogP contribution < -0.4 is 0 Å². The highest BCUT2D eigenvalue weighted by atomic mass is 35.5. The molecule has 64 valence electrons. The largest absolute Gasteiger partial charge is 0.476 e. The summed E-state index contributed by atoms with van der Waals surface area (Å²) in [6, 6.07) is 0. The molecule has 0 unspecified atom stereocenters. The average molecular weight is 187 g/mol. The van der Waals surface area contributed by atoms with Crippen molar-refractivity contribution in [2.75, 3.05) is 0 Å². The second-order valence-electron chi connectivity index (χ2n) is 2.86. The molecule has 1 saturated carbocycles. The Labute approximate surface area is 73.6 Å². The predicted octanol–water partition coefficient (Wildman–Crippen LogP) is 1.64. The summed E-state index contributed by atoms with van der Waals surface area (Å²) in [5.74, 6) is 0.0242. The van der Waals surface area contributed by atoms with E-state index in [9.17, 15) is 4.79 Å². The molecule has 0 radical (unpaired) electrons. The van der Waals surface area contributed by atoms with Crippen molar-refractivity contribution in [3.63, 3.8) is 0 Å². The lowest BCUT2D eigenvalue weighted by atomic mass is 10.4. The molecule has 0 amide bonds. The minimum absolute atomic E-state index is 0.0708. The molecule has 1 aliphatic rings. The van der Waals surface area contributed by atoms with Crippen LogP contribution >= 0.6 is 11.6 Å². The summed E-state index contributed by atoms with van der Waals surface area (Å²) in [7, 11) is 0. The Balaban J connectivity index is 2.36. The van der Waals surface area contributed by atoms with Gasteiger partial charge in [0.05, 0.1) is 0 Å². The fourth-order valence-electron chi connectivity index (χ4n) is 1.06. The van der Waals surface area contributed by atoms with Crippen LogP contribution in [0.2, 0.25) is 5.15 Å². The number of carboxylic acids is 1. The summed E-state index contributed by atoms with van der Waals surface area (Å²) in [4.78, 5) is 17.2. The molecule has 1 aromatic rings. The van der Waals surface area contributed by atoms with Crippen molar-refractivity contribution < 1.29 is 9.90 Å². The molecule has 2 N–H and O–H groups in total. The number of imidazole rings is 1. The van der Waals surface area contributed by atoms with E-state index in [1.54, 1.807) is 0 Å². The number of hydrogen-bond acceptors (Lipinski definition) is 2. The molecule has 1 heterocycles. The number of carbonyl (C=O) groups is 1. The van der Waals surface area contributed by atoms with E-state index in [1.165, 1.54) is 0 Å². The van der Waals surface area contributed by atoms with Crippen molar-refractivity contribution in [2.45, 2.75) is 18.8 Å². The van der Waals surface area contributed by atoms with Gasteiger partial charge in [0.15, 0.2) is 5.69 Å². The third-order valence-corrected chi connectivity index (χ3v) is 2.12. The van der Waals surface area contributed by atoms with E-state index in [1.807, 2.05) is 0 Å². The Kier molecular flexibility index (Phi) is 1.58. The molecule has 0 bridgehead atoms. The van der Waals surface area contributed by atoms with Gasteiger partial charge in [-0.15, -0.1) is 0 Å². The van der Waals surface area contributed by atoms with Gasteiger partial charge < -0.3 is 10.1 Å². The van der Waals surface area contributed by atoms with Gasteiger partial charge in [-0.05, 0) is 12.8 Å². The minimum atomic E-state index is -1.08. The number of H-pyrrole nitrogens is 1. The van der Waals surface area contributed by atoms with Crippen LogP contribution in [0.25, 0.3) is 0 Å². The van der Waals surface area contributed by atoms with Gasteiger partial charge in [-0.25, -0.2) is 9.78 Å². The lowest BCUT2D eigenvalue weighted by Gasteiger charge is -1.84. The SMILES string of the molecule is O=C(O)c1nc(C2CC2)[nH]c1Cl. The second-order valence-corrected chi connectivity index (χ2v) is 3.24. The highest BCUT2D eigenvalue weighted by Gasteiger charge is 2.28. The number of aromatic nitrogens is 2. The van der Waals surface area contributed by atoms with Crippen molar-refractivity contribution in [1.29, 1.82) is 0 Å². The van der Waals surface area contributed by atoms with Gasteiger partial charge in [0.25, 0.3) is 0 Å². The molecule has 0 aromatic carbocycles. The van der Waals surface area contributed by atoms with E-state index in [0.29, 0.717) is 11.7 Å². The lowest BCUT2D eigenvalue weighted by molar-refractivity contribution is 0.0691. The standard InChI is InChI=1S/C7H7ClN2O2/c8-5-4(7(11)12)9-6(10-5)3-1-2-3/h3H,1-2H2,(H,9,10)(H,11,12). The molecule has 4 nitrogen and oxygen atoms in total. The van der Waals surface area contributed by atoms with Gasteiger partial charge in [0, 0.05) is 5.92 Å². The zero-order valence-electron chi connectivity index (χ0n) is 6.17. The molecule has 0 aliphatic heterocycles. The van der Waals surface area contributed by atoms with Crippen LogP contribution in [0.1, 0.15) is 35.1 Å². The molecule has 0 atom stereocenters. The fraction of sp³-hybridized carbons (Fsp3) is 0.429. The summed E-state index contributed by atoms with van der Waals surface area (Å²) in [5.41, 5.74) is -0.0708. The zero-order chi connectivity index (χ0) is 8.72. The maximum atomic E-state index is 10.5. The zero-order valence-corrected chi connectivity index (χ0v) is 6.93. The van der Waals surface area contributed by atoms with Crippen molar-refractivity contribution in [3.05, 3.63) is 16.7 Å². The van der Waals surface area contributed by atoms with E-state index in [-0.39, 0.29) is 10.8 Å². The van der Waals surface area contributed by atoms with Crippen LogP contribution in [0.4, 0.5) is 0 Å². The summed E-state index contributed by atoms with van der Waals surface area (Å²) in [6.07, 6.45) is 2.14. The second kappa shape index (κ2) is 2.48. The molecular weight excluding hydrogens is 180 g/mol. The average Bonchev–Trinajstić information content (AvgIpc) is 2.75. The van der Waals surface area contributed by atoms with Crippen LogP contribution in [0.3, 0.4) is 0 Å². The number of hydrogen-bond donors (Lipinski definition) is 2. The van der Waals surface area contributed by atoms with Gasteiger partial charge in [0.2, 0.25) is 0 Å². The van der Waals surface area contributed by atoms with Crippen molar-refractivity contribution in [1.82, 2.24) is 9.97 Å². The normalized spacial score (nSPS) is 16.4. The van der Waals surface area contributed by atoms with Gasteiger partial charge in [-0.2, -0.15) is 0 Å². The molecule has 1 aliphatic carbocycles. The Morgan fingerprint density at radius 2 is 2.33 bits per heavy atom. The third kappa shape index (κ3) is 1.18. The minimum Gasteiger partial charge on any atom is -0.476 e. The van der Waals surface area contributed by atoms with Crippen LogP contribution in [0.15, 0.2) is 0 Å². The quantitative estimate of drug-likeness (QED) is 0.738. The Hall–Kier alpha value is -1.03. The Morgan fingerprint density at radius 3 is 2.75 bits per heavy atom. The summed E-state index contributed by atoms with van der Waals surface area (Å²) in [5, 5.41) is 8.74. The maximum absolute atomic E-state index is 10.5. The smallest absolute Gasteiger partial charge is 0.357 e. The first-order chi connectivity index (χ1) is 5.68. The highest BCUT2D eigenvalue weighted by molar-refractivity contribution is 6.32. The van der Waals surface area contributed by atoms with E-state index in [0.717, 1.165) is 12.8 Å². The monoisotopic (exact) mass is 186 g/mol. The number of aromatic carboxylic acids is 1. The molecule has 1 fully saturated rings. The van der Waals surface area contributed by atoms with Gasteiger partial charge in [-0.1, -0.05) is 11.6 Å². The van der Waals surface area contributed by atoms with Gasteiger partial charge >= 0.3 is 5.97 Å². The Bertz CT molecular complexity index is 330. The van der Waals surface area contributed by atoms with Crippen molar-refractivity contribution in [3.8, 4) is 0 Å². The van der Waals surface area contributed by atoms with Crippen LogP contribution in [0.5, 0.6) is 0 Å². The van der Waals surface area contributed by atoms with E-state index >= 15 is 0 Å². The molecule has 2 rings (SSSR count). The van der Waals surface area contributed by atoms with Gasteiger partial charge in [-0.3, -0.25) is 0 Å². The maximum Gasteiger partial charge on any atom is 0.357 e. The van der Waals surface area contributed by atoms with Crippen LogP contribution in [0, 0.1) is 0 Å². The molecule has 1 aromatic heterocycles. The number of rotatable bonds is 2. The summed E-state index contributed by atoms with van der Waals surface area (Å²) >= 11 is 5.61. The molecule has 0 saturated heterocycles. The molecule has 12 heavy (non-hydrogen) atoms. The molecular formula is C7H7ClN2O2. The first-order valence-electron chi connectivity index (χ1n) is 3.67. The third-order valence-electron chi connectivity index (χ3n) is 1.84. The van der Waals surface area contributed by atoms with Crippen molar-refractivity contribution >= 4 is 17.6 Å². The number of aromatic amines is 1. The Morgan fingerprint density at radius 1 is 1.67 bits per heavy atom. The first-order valence-corrected chi connectivity index (χ1v) is 4.05. The van der Waals surface area contributed by atoms with Gasteiger partial charge in [0.1, 0.15) is 11.0 Å². The summed E-state index contributed by atoms with van der Waals surface area (Å²) < 4.78 is 0. The fourth-order valence-corrected chi connectivity index (χ4v) is 1.28. The van der Waals surface area contributed by atoms with Crippen LogP contribution in [-0.4, -0.2) is 21.0 Å². The number of carboxylic acid groups (broad SMARTS) is 1. The van der Waals surface area contributed by atoms with E-state index in [4.69, 9.17) is 16.7 Å². The summed E-state index contributed by atoms with van der Waals surface area (Å²) in [6.45, 7) is 0. The first kappa shape index (κ1) is 7.61. The topological polar surface area (TPSA) is 66.0 Å². The molecule has 5 heteroatoms. The van der Waals surface area contributed by atoms with Crippen molar-refractivity contribution in [2.24, 2.45) is 0 Å². The number of halogens is 1. The van der Waals surface area contributed by atoms with E-state index < -0.39 is 5.97 Å². The van der Waals surface area contributed by atoms with Crippen LogP contribution in [-0.2, 0) is 0 Å². The highest BCUT2D eigenvalue weighted by Crippen LogP contribution is 2.39. The predicted molar refractivity (Wildman–Crippen MR) is 42.5 cm³/mol. The molecule has 0 spiro atoms. The lowest BCUT2D eigenvalue weighted by Crippen LogP contribution is -1.97. The van der Waals surface area contributed by atoms with E-state index in [2.05, 4.69) is 9.97 Å². The number of nitrogens with one attached hydrogen (secondary N) is 1.